The van der Waals surface area contributed by atoms with Crippen molar-refractivity contribution in [3.63, 3.8) is 0 Å². The van der Waals surface area contributed by atoms with Gasteiger partial charge in [-0.3, -0.25) is 9.69 Å². The van der Waals surface area contributed by atoms with Crippen molar-refractivity contribution in [1.82, 2.24) is 10.2 Å². The summed E-state index contributed by atoms with van der Waals surface area (Å²) < 4.78 is 5.43. The second-order valence-corrected chi connectivity index (χ2v) is 5.38. The maximum Gasteiger partial charge on any atom is 0.239 e. The molecule has 17 heavy (non-hydrogen) atoms. The predicted molar refractivity (Wildman–Crippen MR) is 65.6 cm³/mol. The SMILES string of the molecule is CC(C)NC(=O)C1COCCN1C1CC(N)C1. The van der Waals surface area contributed by atoms with Crippen molar-refractivity contribution < 1.29 is 9.53 Å². The highest BCUT2D eigenvalue weighted by atomic mass is 16.5. The highest BCUT2D eigenvalue weighted by Gasteiger charge is 2.39. The van der Waals surface area contributed by atoms with E-state index < -0.39 is 0 Å². The summed E-state index contributed by atoms with van der Waals surface area (Å²) in [5.41, 5.74) is 5.82. The van der Waals surface area contributed by atoms with Crippen LogP contribution in [0.25, 0.3) is 0 Å². The van der Waals surface area contributed by atoms with Crippen LogP contribution in [0.5, 0.6) is 0 Å². The van der Waals surface area contributed by atoms with E-state index >= 15 is 0 Å². The fourth-order valence-corrected chi connectivity index (χ4v) is 2.56. The molecule has 1 aliphatic carbocycles. The van der Waals surface area contributed by atoms with Crippen LogP contribution in [-0.2, 0) is 9.53 Å². The lowest BCUT2D eigenvalue weighted by molar-refractivity contribution is -0.137. The van der Waals surface area contributed by atoms with E-state index in [0.29, 0.717) is 18.7 Å². The zero-order valence-corrected chi connectivity index (χ0v) is 10.7. The van der Waals surface area contributed by atoms with Crippen LogP contribution in [0.1, 0.15) is 26.7 Å². The van der Waals surface area contributed by atoms with Gasteiger partial charge < -0.3 is 15.8 Å². The summed E-state index contributed by atoms with van der Waals surface area (Å²) in [5, 5.41) is 2.96. The third kappa shape index (κ3) is 2.97. The van der Waals surface area contributed by atoms with E-state index in [9.17, 15) is 4.79 Å². The Bertz CT molecular complexity index is 277. The molecule has 0 aromatic rings. The molecule has 5 heteroatoms. The van der Waals surface area contributed by atoms with Gasteiger partial charge in [0.2, 0.25) is 5.91 Å². The molecule has 0 aromatic heterocycles. The lowest BCUT2D eigenvalue weighted by atomic mass is 9.85. The molecule has 3 N–H and O–H groups in total. The Morgan fingerprint density at radius 1 is 1.47 bits per heavy atom. The van der Waals surface area contributed by atoms with Gasteiger partial charge in [0, 0.05) is 24.7 Å². The molecule has 98 valence electrons. The van der Waals surface area contributed by atoms with Crippen molar-refractivity contribution in [2.45, 2.75) is 50.9 Å². The Kier molecular flexibility index (Phi) is 4.01. The molecule has 1 saturated heterocycles. The summed E-state index contributed by atoms with van der Waals surface area (Å²) in [4.78, 5) is 14.3. The van der Waals surface area contributed by atoms with Gasteiger partial charge in [-0.05, 0) is 26.7 Å². The van der Waals surface area contributed by atoms with Crippen LogP contribution in [0, 0.1) is 0 Å². The molecule has 1 amide bonds. The molecule has 2 aliphatic rings. The smallest absolute Gasteiger partial charge is 0.239 e. The van der Waals surface area contributed by atoms with Crippen molar-refractivity contribution in [3.8, 4) is 0 Å². The van der Waals surface area contributed by atoms with Crippen LogP contribution in [-0.4, -0.2) is 54.7 Å². The molecule has 1 heterocycles. The lowest BCUT2D eigenvalue weighted by Gasteiger charge is -2.46. The molecule has 1 saturated carbocycles. The fraction of sp³-hybridized carbons (Fsp3) is 0.917. The summed E-state index contributed by atoms with van der Waals surface area (Å²) in [6, 6.07) is 0.826. The van der Waals surface area contributed by atoms with E-state index in [-0.39, 0.29) is 18.0 Å². The lowest BCUT2D eigenvalue weighted by Crippen LogP contribution is -2.62. The number of ether oxygens (including phenoxy) is 1. The van der Waals surface area contributed by atoms with E-state index in [4.69, 9.17) is 10.5 Å². The van der Waals surface area contributed by atoms with Crippen LogP contribution in [0.2, 0.25) is 0 Å². The first-order chi connectivity index (χ1) is 8.08. The predicted octanol–water partition coefficient (Wildman–Crippen LogP) is -0.298. The topological polar surface area (TPSA) is 67.6 Å². The van der Waals surface area contributed by atoms with Crippen LogP contribution in [0.3, 0.4) is 0 Å². The van der Waals surface area contributed by atoms with Crippen LogP contribution in [0.4, 0.5) is 0 Å². The van der Waals surface area contributed by atoms with Crippen LogP contribution >= 0.6 is 0 Å². The zero-order chi connectivity index (χ0) is 12.4. The molecule has 0 spiro atoms. The third-order valence-corrected chi connectivity index (χ3v) is 3.52. The normalized spacial score (nSPS) is 34.5. The number of morpholine rings is 1. The Labute approximate surface area is 103 Å². The molecule has 1 unspecified atom stereocenters. The van der Waals surface area contributed by atoms with Crippen molar-refractivity contribution in [3.05, 3.63) is 0 Å². The monoisotopic (exact) mass is 241 g/mol. The number of hydrogen-bond acceptors (Lipinski definition) is 4. The minimum Gasteiger partial charge on any atom is -0.378 e. The number of amides is 1. The molecule has 0 bridgehead atoms. The zero-order valence-electron chi connectivity index (χ0n) is 10.7. The van der Waals surface area contributed by atoms with Gasteiger partial charge in [0.15, 0.2) is 0 Å². The first-order valence-electron chi connectivity index (χ1n) is 6.47. The van der Waals surface area contributed by atoms with Crippen molar-refractivity contribution >= 4 is 5.91 Å². The summed E-state index contributed by atoms with van der Waals surface area (Å²) in [6.45, 7) is 6.02. The van der Waals surface area contributed by atoms with Gasteiger partial charge in [-0.25, -0.2) is 0 Å². The van der Waals surface area contributed by atoms with Crippen molar-refractivity contribution in [2.75, 3.05) is 19.8 Å². The van der Waals surface area contributed by atoms with E-state index in [2.05, 4.69) is 10.2 Å². The number of nitrogens with two attached hydrogens (primary N) is 1. The fourth-order valence-electron chi connectivity index (χ4n) is 2.56. The Morgan fingerprint density at radius 3 is 2.76 bits per heavy atom. The first-order valence-corrected chi connectivity index (χ1v) is 6.47. The maximum atomic E-state index is 12.1. The number of hydrogen-bond donors (Lipinski definition) is 2. The average molecular weight is 241 g/mol. The van der Waals surface area contributed by atoms with Gasteiger partial charge in [-0.2, -0.15) is 0 Å². The molecule has 5 nitrogen and oxygen atoms in total. The van der Waals surface area contributed by atoms with Gasteiger partial charge in [0.25, 0.3) is 0 Å². The van der Waals surface area contributed by atoms with E-state index in [0.717, 1.165) is 26.0 Å². The van der Waals surface area contributed by atoms with E-state index in [1.54, 1.807) is 0 Å². The second-order valence-electron chi connectivity index (χ2n) is 5.38. The summed E-state index contributed by atoms with van der Waals surface area (Å²) in [5.74, 6) is 0.0835. The summed E-state index contributed by atoms with van der Waals surface area (Å²) >= 11 is 0. The Hall–Kier alpha value is -0.650. The molecular weight excluding hydrogens is 218 g/mol. The van der Waals surface area contributed by atoms with Gasteiger partial charge in [-0.15, -0.1) is 0 Å². The second kappa shape index (κ2) is 5.33. The molecular formula is C12H23N3O2. The van der Waals surface area contributed by atoms with Crippen molar-refractivity contribution in [1.29, 1.82) is 0 Å². The molecule has 2 fully saturated rings. The molecule has 1 atom stereocenters. The number of carbonyl (C=O) groups is 1. The first kappa shape index (κ1) is 12.8. The molecule has 0 aromatic carbocycles. The summed E-state index contributed by atoms with van der Waals surface area (Å²) in [7, 11) is 0. The number of nitrogens with zero attached hydrogens (tertiary/aromatic N) is 1. The van der Waals surface area contributed by atoms with Gasteiger partial charge >= 0.3 is 0 Å². The minimum atomic E-state index is -0.136. The Morgan fingerprint density at radius 2 is 2.18 bits per heavy atom. The maximum absolute atomic E-state index is 12.1. The number of carbonyl (C=O) groups excluding carboxylic acids is 1. The summed E-state index contributed by atoms with van der Waals surface area (Å²) in [6.07, 6.45) is 2.01. The highest BCUT2D eigenvalue weighted by Crippen LogP contribution is 2.27. The van der Waals surface area contributed by atoms with Crippen LogP contribution < -0.4 is 11.1 Å². The van der Waals surface area contributed by atoms with Gasteiger partial charge in [0.05, 0.1) is 13.2 Å². The molecule has 2 rings (SSSR count). The Balaban J connectivity index is 1.94. The van der Waals surface area contributed by atoms with E-state index in [1.165, 1.54) is 0 Å². The average Bonchev–Trinajstić information content (AvgIpc) is 2.24. The highest BCUT2D eigenvalue weighted by molar-refractivity contribution is 5.82. The van der Waals surface area contributed by atoms with Crippen molar-refractivity contribution in [2.24, 2.45) is 5.73 Å². The standard InChI is InChI=1S/C12H23N3O2/c1-8(2)14-12(16)11-7-17-4-3-15(11)10-5-9(13)6-10/h8-11H,3-7,13H2,1-2H3,(H,14,16). The van der Waals surface area contributed by atoms with Gasteiger partial charge in [0.1, 0.15) is 6.04 Å². The molecule has 0 radical (unpaired) electrons. The van der Waals surface area contributed by atoms with Gasteiger partial charge in [-0.1, -0.05) is 0 Å². The largest absolute Gasteiger partial charge is 0.378 e. The number of nitrogens with one attached hydrogen (secondary N) is 1. The molecule has 1 aliphatic heterocycles. The van der Waals surface area contributed by atoms with Crippen LogP contribution in [0.15, 0.2) is 0 Å². The quantitative estimate of drug-likeness (QED) is 0.712. The third-order valence-electron chi connectivity index (χ3n) is 3.52. The number of rotatable bonds is 3. The minimum absolute atomic E-state index is 0.0835. The van der Waals surface area contributed by atoms with E-state index in [1.807, 2.05) is 13.8 Å².